The minimum Gasteiger partial charge on any atom is -0.506 e. The van der Waals surface area contributed by atoms with Gasteiger partial charge in [0.1, 0.15) is 11.3 Å². The molecule has 1 heterocycles. The van der Waals surface area contributed by atoms with E-state index in [-0.39, 0.29) is 11.3 Å². The van der Waals surface area contributed by atoms with Gasteiger partial charge in [0, 0.05) is 29.7 Å². The average molecular weight is 292 g/mol. The fourth-order valence-corrected chi connectivity index (χ4v) is 2.59. The van der Waals surface area contributed by atoms with E-state index in [0.717, 1.165) is 10.9 Å². The fraction of sp³-hybridized carbons (Fsp3) is 0.0588. The molecule has 0 amide bonds. The molecule has 5 heteroatoms. The number of benzene rings is 2. The van der Waals surface area contributed by atoms with Crippen LogP contribution in [0.3, 0.4) is 0 Å². The summed E-state index contributed by atoms with van der Waals surface area (Å²) in [6.45, 7) is 0. The van der Waals surface area contributed by atoms with E-state index in [9.17, 15) is 15.2 Å². The highest BCUT2D eigenvalue weighted by Crippen LogP contribution is 2.37. The maximum absolute atomic E-state index is 11.2. The van der Waals surface area contributed by atoms with Crippen molar-refractivity contribution in [1.82, 2.24) is 4.57 Å². The molecule has 2 N–H and O–H groups in total. The Hall–Kier alpha value is -3.26. The molecule has 1 aromatic heterocycles. The fourth-order valence-electron chi connectivity index (χ4n) is 2.59. The van der Waals surface area contributed by atoms with Crippen LogP contribution >= 0.6 is 0 Å². The Balaban J connectivity index is 2.38. The molecule has 3 rings (SSSR count). The first kappa shape index (κ1) is 13.7. The number of hydrogen-bond donors (Lipinski definition) is 2. The van der Waals surface area contributed by atoms with Gasteiger partial charge in [0.2, 0.25) is 0 Å². The van der Waals surface area contributed by atoms with Crippen molar-refractivity contribution in [1.29, 1.82) is 5.26 Å². The van der Waals surface area contributed by atoms with E-state index < -0.39 is 5.97 Å². The maximum atomic E-state index is 11.2. The van der Waals surface area contributed by atoms with E-state index in [0.29, 0.717) is 16.7 Å². The molecule has 3 aromatic rings. The molecular weight excluding hydrogens is 280 g/mol. The van der Waals surface area contributed by atoms with Gasteiger partial charge in [0.05, 0.1) is 11.6 Å². The third-order valence-electron chi connectivity index (χ3n) is 3.69. The quantitative estimate of drug-likeness (QED) is 0.759. The van der Waals surface area contributed by atoms with Crippen molar-refractivity contribution in [2.45, 2.75) is 0 Å². The highest BCUT2D eigenvalue weighted by Gasteiger charge is 2.17. The van der Waals surface area contributed by atoms with Crippen molar-refractivity contribution in [2.24, 2.45) is 7.05 Å². The molecule has 0 aliphatic heterocycles. The van der Waals surface area contributed by atoms with Gasteiger partial charge in [-0.15, -0.1) is 0 Å². The zero-order valence-corrected chi connectivity index (χ0v) is 11.7. The summed E-state index contributed by atoms with van der Waals surface area (Å²) >= 11 is 0. The SMILES string of the molecule is Cn1ccc2c(-c3cccc(C(=O)O)c3O)cc(C#N)cc21. The van der Waals surface area contributed by atoms with Crippen LogP contribution in [0.2, 0.25) is 0 Å². The largest absolute Gasteiger partial charge is 0.506 e. The van der Waals surface area contributed by atoms with E-state index in [4.69, 9.17) is 5.11 Å². The number of aromatic hydroxyl groups is 1. The second-order valence-electron chi connectivity index (χ2n) is 5.00. The van der Waals surface area contributed by atoms with Gasteiger partial charge in [0.15, 0.2) is 0 Å². The molecule has 0 aliphatic rings. The molecule has 0 atom stereocenters. The summed E-state index contributed by atoms with van der Waals surface area (Å²) < 4.78 is 1.87. The molecule has 0 unspecified atom stereocenters. The number of rotatable bonds is 2. The van der Waals surface area contributed by atoms with E-state index in [1.54, 1.807) is 24.3 Å². The lowest BCUT2D eigenvalue weighted by molar-refractivity contribution is 0.0694. The molecular formula is C17H12N2O3. The predicted octanol–water partition coefficient (Wildman–Crippen LogP) is 3.12. The van der Waals surface area contributed by atoms with Crippen LogP contribution in [0.1, 0.15) is 15.9 Å². The van der Waals surface area contributed by atoms with Gasteiger partial charge in [-0.3, -0.25) is 0 Å². The number of phenols is 1. The first-order valence-corrected chi connectivity index (χ1v) is 6.57. The zero-order valence-electron chi connectivity index (χ0n) is 11.7. The summed E-state index contributed by atoms with van der Waals surface area (Å²) in [5, 5.41) is 29.5. The minimum absolute atomic E-state index is 0.163. The van der Waals surface area contributed by atoms with E-state index in [2.05, 4.69) is 6.07 Å². The van der Waals surface area contributed by atoms with Gasteiger partial charge in [-0.2, -0.15) is 5.26 Å². The Morgan fingerprint density at radius 1 is 1.23 bits per heavy atom. The number of nitrogens with zero attached hydrogens (tertiary/aromatic N) is 2. The van der Waals surface area contributed by atoms with Crippen molar-refractivity contribution in [3.63, 3.8) is 0 Å². The monoisotopic (exact) mass is 292 g/mol. The lowest BCUT2D eigenvalue weighted by Crippen LogP contribution is -1.97. The summed E-state index contributed by atoms with van der Waals surface area (Å²) in [6.07, 6.45) is 1.85. The number of nitriles is 1. The van der Waals surface area contributed by atoms with E-state index in [1.165, 1.54) is 6.07 Å². The Morgan fingerprint density at radius 2 is 2.00 bits per heavy atom. The maximum Gasteiger partial charge on any atom is 0.339 e. The third kappa shape index (κ3) is 1.98. The number of hydrogen-bond acceptors (Lipinski definition) is 3. The number of carboxylic acid groups (broad SMARTS) is 1. The highest BCUT2D eigenvalue weighted by atomic mass is 16.4. The first-order chi connectivity index (χ1) is 10.5. The first-order valence-electron chi connectivity index (χ1n) is 6.57. The number of para-hydroxylation sites is 1. The summed E-state index contributed by atoms with van der Waals surface area (Å²) in [5.41, 5.74) is 2.16. The van der Waals surface area contributed by atoms with Crippen LogP contribution in [0, 0.1) is 11.3 Å². The second kappa shape index (κ2) is 4.93. The molecule has 108 valence electrons. The predicted molar refractivity (Wildman–Crippen MR) is 81.7 cm³/mol. The number of fused-ring (bicyclic) bond motifs is 1. The van der Waals surface area contributed by atoms with E-state index in [1.807, 2.05) is 23.9 Å². The van der Waals surface area contributed by atoms with Crippen LogP contribution in [0.4, 0.5) is 0 Å². The number of carboxylic acids is 1. The van der Waals surface area contributed by atoms with Gasteiger partial charge in [0.25, 0.3) is 0 Å². The van der Waals surface area contributed by atoms with Crippen LogP contribution in [0.5, 0.6) is 5.75 Å². The van der Waals surface area contributed by atoms with Crippen molar-refractivity contribution < 1.29 is 15.0 Å². The van der Waals surface area contributed by atoms with Crippen molar-refractivity contribution >= 4 is 16.9 Å². The van der Waals surface area contributed by atoms with E-state index >= 15 is 0 Å². The molecule has 0 fully saturated rings. The number of aryl methyl sites for hydroxylation is 1. The summed E-state index contributed by atoms with van der Waals surface area (Å²) in [4.78, 5) is 11.2. The van der Waals surface area contributed by atoms with Crippen LogP contribution in [-0.2, 0) is 7.05 Å². The molecule has 5 nitrogen and oxygen atoms in total. The standard InChI is InChI=1S/C17H12N2O3/c1-19-6-5-11-14(7-10(9-18)8-15(11)19)12-3-2-4-13(16(12)20)17(21)22/h2-8,20H,1H3,(H,21,22). The average Bonchev–Trinajstić information content (AvgIpc) is 2.88. The van der Waals surface area contributed by atoms with Crippen molar-refractivity contribution in [3.05, 3.63) is 53.7 Å². The Bertz CT molecular complexity index is 948. The summed E-state index contributed by atoms with van der Waals surface area (Å²) in [6, 6.07) is 11.9. The number of carbonyl (C=O) groups is 1. The Morgan fingerprint density at radius 3 is 2.68 bits per heavy atom. The van der Waals surface area contributed by atoms with Gasteiger partial charge in [-0.25, -0.2) is 4.79 Å². The molecule has 0 bridgehead atoms. The van der Waals surface area contributed by atoms with Crippen LogP contribution in [0.25, 0.3) is 22.0 Å². The van der Waals surface area contributed by atoms with Crippen LogP contribution in [-0.4, -0.2) is 20.7 Å². The van der Waals surface area contributed by atoms with Gasteiger partial charge in [-0.1, -0.05) is 12.1 Å². The summed E-state index contributed by atoms with van der Waals surface area (Å²) in [7, 11) is 1.86. The molecule has 22 heavy (non-hydrogen) atoms. The highest BCUT2D eigenvalue weighted by molar-refractivity contribution is 6.01. The zero-order chi connectivity index (χ0) is 15.9. The molecule has 0 radical (unpaired) electrons. The van der Waals surface area contributed by atoms with Crippen molar-refractivity contribution in [3.8, 4) is 22.9 Å². The van der Waals surface area contributed by atoms with Gasteiger partial charge in [-0.05, 0) is 29.8 Å². The van der Waals surface area contributed by atoms with Crippen molar-refractivity contribution in [2.75, 3.05) is 0 Å². The second-order valence-corrected chi connectivity index (χ2v) is 5.00. The van der Waals surface area contributed by atoms with Crippen LogP contribution in [0.15, 0.2) is 42.6 Å². The van der Waals surface area contributed by atoms with Gasteiger partial charge < -0.3 is 14.8 Å². The Labute approximate surface area is 126 Å². The lowest BCUT2D eigenvalue weighted by Gasteiger charge is -2.10. The molecule has 0 saturated carbocycles. The summed E-state index contributed by atoms with van der Waals surface area (Å²) in [5.74, 6) is -1.49. The third-order valence-corrected chi connectivity index (χ3v) is 3.69. The number of aromatic carboxylic acids is 1. The topological polar surface area (TPSA) is 86.2 Å². The minimum atomic E-state index is -1.19. The lowest BCUT2D eigenvalue weighted by atomic mass is 9.96. The number of aromatic nitrogens is 1. The normalized spacial score (nSPS) is 10.5. The molecule has 0 aliphatic carbocycles. The molecule has 2 aromatic carbocycles. The Kier molecular flexibility index (Phi) is 3.08. The van der Waals surface area contributed by atoms with Gasteiger partial charge >= 0.3 is 5.97 Å². The molecule has 0 spiro atoms. The van der Waals surface area contributed by atoms with Crippen LogP contribution < -0.4 is 0 Å². The molecule has 0 saturated heterocycles. The smallest absolute Gasteiger partial charge is 0.339 e.